The Kier molecular flexibility index (Phi) is 3.69. The highest BCUT2D eigenvalue weighted by molar-refractivity contribution is 5.75. The molecule has 2 aliphatic rings. The summed E-state index contributed by atoms with van der Waals surface area (Å²) in [6.07, 6.45) is 5.96. The third-order valence-corrected chi connectivity index (χ3v) is 3.80. The third-order valence-electron chi connectivity index (χ3n) is 3.80. The highest BCUT2D eigenvalue weighted by Gasteiger charge is 2.33. The molecule has 2 rings (SSSR count). The van der Waals surface area contributed by atoms with Gasteiger partial charge in [0.05, 0.1) is 6.61 Å². The van der Waals surface area contributed by atoms with Gasteiger partial charge in [-0.15, -0.1) is 0 Å². The number of rotatable bonds is 5. The van der Waals surface area contributed by atoms with Crippen molar-refractivity contribution in [3.8, 4) is 0 Å². The van der Waals surface area contributed by atoms with Gasteiger partial charge in [0.25, 0.3) is 0 Å². The molecule has 16 heavy (non-hydrogen) atoms. The van der Waals surface area contributed by atoms with Gasteiger partial charge in [0, 0.05) is 18.6 Å². The minimum atomic E-state index is 0.0101. The number of carbonyl (C=O) groups is 1. The zero-order valence-electron chi connectivity index (χ0n) is 9.98. The van der Waals surface area contributed by atoms with E-state index < -0.39 is 0 Å². The van der Waals surface area contributed by atoms with Gasteiger partial charge in [-0.1, -0.05) is 6.42 Å². The van der Waals surface area contributed by atoms with E-state index in [2.05, 4.69) is 12.2 Å². The topological polar surface area (TPSA) is 52.6 Å². The number of aliphatic hydroxyl groups excluding tert-OH is 1. The van der Waals surface area contributed by atoms with Gasteiger partial charge in [-0.3, -0.25) is 0 Å². The number of urea groups is 1. The molecule has 4 nitrogen and oxygen atoms in total. The minimum absolute atomic E-state index is 0.0101. The Morgan fingerprint density at radius 1 is 1.44 bits per heavy atom. The summed E-state index contributed by atoms with van der Waals surface area (Å²) >= 11 is 0. The van der Waals surface area contributed by atoms with E-state index in [0.29, 0.717) is 18.5 Å². The van der Waals surface area contributed by atoms with Crippen molar-refractivity contribution in [2.45, 2.75) is 51.1 Å². The molecule has 1 unspecified atom stereocenters. The zero-order chi connectivity index (χ0) is 11.5. The van der Waals surface area contributed by atoms with Crippen molar-refractivity contribution >= 4 is 6.03 Å². The van der Waals surface area contributed by atoms with Gasteiger partial charge in [0.1, 0.15) is 0 Å². The van der Waals surface area contributed by atoms with Crippen LogP contribution in [0.2, 0.25) is 0 Å². The van der Waals surface area contributed by atoms with E-state index in [4.69, 9.17) is 5.11 Å². The first-order valence-electron chi connectivity index (χ1n) is 6.40. The predicted molar refractivity (Wildman–Crippen MR) is 62.1 cm³/mol. The van der Waals surface area contributed by atoms with E-state index in [-0.39, 0.29) is 18.7 Å². The van der Waals surface area contributed by atoms with Crippen LogP contribution in [0.4, 0.5) is 4.79 Å². The van der Waals surface area contributed by atoms with Gasteiger partial charge in [0.2, 0.25) is 0 Å². The summed E-state index contributed by atoms with van der Waals surface area (Å²) in [6.45, 7) is 2.61. The van der Waals surface area contributed by atoms with Gasteiger partial charge >= 0.3 is 6.03 Å². The smallest absolute Gasteiger partial charge is 0.317 e. The van der Waals surface area contributed by atoms with Gasteiger partial charge in [-0.2, -0.15) is 0 Å². The van der Waals surface area contributed by atoms with Gasteiger partial charge in [-0.25, -0.2) is 4.79 Å². The highest BCUT2D eigenvalue weighted by atomic mass is 16.3. The fourth-order valence-corrected chi connectivity index (χ4v) is 2.28. The van der Waals surface area contributed by atoms with Crippen LogP contribution in [0.3, 0.4) is 0 Å². The van der Waals surface area contributed by atoms with Crippen LogP contribution in [0.15, 0.2) is 0 Å². The maximum Gasteiger partial charge on any atom is 0.317 e. The Hall–Kier alpha value is -0.770. The van der Waals surface area contributed by atoms with Crippen LogP contribution >= 0.6 is 0 Å². The summed E-state index contributed by atoms with van der Waals surface area (Å²) in [7, 11) is 0. The number of nitrogens with one attached hydrogen (secondary N) is 1. The first kappa shape index (κ1) is 11.7. The van der Waals surface area contributed by atoms with Crippen LogP contribution in [0.25, 0.3) is 0 Å². The van der Waals surface area contributed by atoms with Crippen LogP contribution in [0.1, 0.15) is 39.0 Å². The van der Waals surface area contributed by atoms with Crippen LogP contribution in [-0.4, -0.2) is 41.3 Å². The van der Waals surface area contributed by atoms with Gasteiger partial charge in [-0.05, 0) is 38.5 Å². The minimum Gasteiger partial charge on any atom is -0.395 e. The second-order valence-corrected chi connectivity index (χ2v) is 5.08. The standard InChI is InChI=1S/C12H22N2O2/c1-9(10-3-2-4-10)13-12(16)14(7-8-15)11-5-6-11/h9-11,15H,2-8H2,1H3,(H,13,16). The first-order chi connectivity index (χ1) is 7.72. The summed E-state index contributed by atoms with van der Waals surface area (Å²) in [6, 6.07) is 0.665. The first-order valence-corrected chi connectivity index (χ1v) is 6.40. The van der Waals surface area contributed by atoms with E-state index in [1.807, 2.05) is 0 Å². The van der Waals surface area contributed by atoms with Crippen molar-refractivity contribution in [3.05, 3.63) is 0 Å². The molecular formula is C12H22N2O2. The second kappa shape index (κ2) is 5.04. The van der Waals surface area contributed by atoms with Crippen LogP contribution in [0, 0.1) is 5.92 Å². The summed E-state index contributed by atoms with van der Waals surface area (Å²) in [5.74, 6) is 0.666. The van der Waals surface area contributed by atoms with Crippen molar-refractivity contribution in [1.29, 1.82) is 0 Å². The molecule has 2 N–H and O–H groups in total. The molecule has 1 atom stereocenters. The van der Waals surface area contributed by atoms with Crippen molar-refractivity contribution < 1.29 is 9.90 Å². The Balaban J connectivity index is 1.79. The Labute approximate surface area is 97.0 Å². The SMILES string of the molecule is CC(NC(=O)N(CCO)C1CC1)C1CCC1. The summed E-state index contributed by atoms with van der Waals surface area (Å²) in [4.78, 5) is 13.8. The van der Waals surface area contributed by atoms with E-state index in [1.54, 1.807) is 4.90 Å². The number of hydrogen-bond donors (Lipinski definition) is 2. The molecule has 0 spiro atoms. The predicted octanol–water partition coefficient (Wildman–Crippen LogP) is 1.34. The maximum atomic E-state index is 12.0. The Morgan fingerprint density at radius 3 is 2.56 bits per heavy atom. The van der Waals surface area contributed by atoms with E-state index in [9.17, 15) is 4.79 Å². The van der Waals surface area contributed by atoms with Gasteiger partial charge < -0.3 is 15.3 Å². The molecule has 0 aromatic carbocycles. The van der Waals surface area contributed by atoms with E-state index in [0.717, 1.165) is 12.8 Å². The van der Waals surface area contributed by atoms with E-state index >= 15 is 0 Å². The monoisotopic (exact) mass is 226 g/mol. The molecule has 2 amide bonds. The van der Waals surface area contributed by atoms with Crippen molar-refractivity contribution in [2.24, 2.45) is 5.92 Å². The van der Waals surface area contributed by atoms with E-state index in [1.165, 1.54) is 19.3 Å². The number of nitrogens with zero attached hydrogens (tertiary/aromatic N) is 1. The van der Waals surface area contributed by atoms with Crippen molar-refractivity contribution in [1.82, 2.24) is 10.2 Å². The molecule has 4 heteroatoms. The van der Waals surface area contributed by atoms with Crippen LogP contribution < -0.4 is 5.32 Å². The van der Waals surface area contributed by atoms with Gasteiger partial charge in [0.15, 0.2) is 0 Å². The summed E-state index contributed by atoms with van der Waals surface area (Å²) < 4.78 is 0. The molecular weight excluding hydrogens is 204 g/mol. The average Bonchev–Trinajstić information content (AvgIpc) is 2.93. The fourth-order valence-electron chi connectivity index (χ4n) is 2.28. The van der Waals surface area contributed by atoms with Crippen LogP contribution in [0.5, 0.6) is 0 Å². The molecule has 0 aromatic rings. The number of hydrogen-bond acceptors (Lipinski definition) is 2. The number of aliphatic hydroxyl groups is 1. The maximum absolute atomic E-state index is 12.0. The normalized spacial score (nSPS) is 22.4. The molecule has 2 aliphatic carbocycles. The molecule has 0 radical (unpaired) electrons. The lowest BCUT2D eigenvalue weighted by molar-refractivity contribution is 0.160. The van der Waals surface area contributed by atoms with Crippen LogP contribution in [-0.2, 0) is 0 Å². The van der Waals surface area contributed by atoms with Crippen molar-refractivity contribution in [2.75, 3.05) is 13.2 Å². The molecule has 2 fully saturated rings. The van der Waals surface area contributed by atoms with Crippen molar-refractivity contribution in [3.63, 3.8) is 0 Å². The molecule has 0 bridgehead atoms. The second-order valence-electron chi connectivity index (χ2n) is 5.08. The molecule has 92 valence electrons. The average molecular weight is 226 g/mol. The summed E-state index contributed by atoms with van der Waals surface area (Å²) in [5.41, 5.74) is 0. The molecule has 0 aliphatic heterocycles. The number of amides is 2. The fraction of sp³-hybridized carbons (Fsp3) is 0.917. The largest absolute Gasteiger partial charge is 0.395 e. The summed E-state index contributed by atoms with van der Waals surface area (Å²) in [5, 5.41) is 12.0. The zero-order valence-corrected chi connectivity index (χ0v) is 9.98. The highest BCUT2D eigenvalue weighted by Crippen LogP contribution is 2.30. The molecule has 2 saturated carbocycles. The number of carbonyl (C=O) groups excluding carboxylic acids is 1. The molecule has 0 heterocycles. The quantitative estimate of drug-likeness (QED) is 0.743. The Morgan fingerprint density at radius 2 is 2.12 bits per heavy atom. The molecule has 0 aromatic heterocycles. The lowest BCUT2D eigenvalue weighted by Crippen LogP contribution is -2.49. The Bertz CT molecular complexity index is 249. The lowest BCUT2D eigenvalue weighted by Gasteiger charge is -2.33. The molecule has 0 saturated heterocycles. The lowest BCUT2D eigenvalue weighted by atomic mass is 9.80. The third kappa shape index (κ3) is 2.67.